The molecule has 0 atom stereocenters. The van der Waals surface area contributed by atoms with Gasteiger partial charge in [-0.15, -0.1) is 0 Å². The number of benzene rings is 1. The van der Waals surface area contributed by atoms with Crippen LogP contribution in [0.1, 0.15) is 0 Å². The molecule has 2 aromatic rings. The van der Waals surface area contributed by atoms with Crippen molar-refractivity contribution >= 4 is 31.9 Å². The van der Waals surface area contributed by atoms with Gasteiger partial charge in [0.15, 0.2) is 0 Å². The van der Waals surface area contributed by atoms with Crippen molar-refractivity contribution in [2.24, 2.45) is 0 Å². The molecule has 0 aliphatic rings. The zero-order chi connectivity index (χ0) is 11.5. The minimum Gasteiger partial charge on any atom is -0.497 e. The third kappa shape index (κ3) is 2.28. The predicted molar refractivity (Wildman–Crippen MR) is 71.6 cm³/mol. The van der Waals surface area contributed by atoms with Gasteiger partial charge in [-0.3, -0.25) is 0 Å². The second kappa shape index (κ2) is 4.97. The SMILES string of the molecule is COc1cccc(-c2c(Br)ccnc2Br)c1. The molecule has 1 heterocycles. The lowest BCUT2D eigenvalue weighted by Crippen LogP contribution is -1.87. The Hall–Kier alpha value is -0.870. The monoisotopic (exact) mass is 341 g/mol. The molecule has 82 valence electrons. The molecular weight excluding hydrogens is 334 g/mol. The number of pyridine rings is 1. The lowest BCUT2D eigenvalue weighted by molar-refractivity contribution is 0.415. The Morgan fingerprint density at radius 3 is 2.69 bits per heavy atom. The van der Waals surface area contributed by atoms with Gasteiger partial charge in [0, 0.05) is 16.2 Å². The van der Waals surface area contributed by atoms with E-state index in [1.807, 2.05) is 30.3 Å². The van der Waals surface area contributed by atoms with Crippen LogP contribution in [0.4, 0.5) is 0 Å². The van der Waals surface area contributed by atoms with Crippen LogP contribution in [0.25, 0.3) is 11.1 Å². The van der Waals surface area contributed by atoms with Crippen LogP contribution in [-0.2, 0) is 0 Å². The summed E-state index contributed by atoms with van der Waals surface area (Å²) < 4.78 is 7.02. The quantitative estimate of drug-likeness (QED) is 0.760. The number of nitrogens with zero attached hydrogens (tertiary/aromatic N) is 1. The molecule has 4 heteroatoms. The van der Waals surface area contributed by atoms with Gasteiger partial charge in [-0.1, -0.05) is 12.1 Å². The third-order valence-corrected chi connectivity index (χ3v) is 3.47. The van der Waals surface area contributed by atoms with Crippen molar-refractivity contribution in [2.75, 3.05) is 7.11 Å². The minimum atomic E-state index is 0.815. The highest BCUT2D eigenvalue weighted by Crippen LogP contribution is 2.34. The summed E-state index contributed by atoms with van der Waals surface area (Å²) in [4.78, 5) is 4.22. The van der Waals surface area contributed by atoms with Gasteiger partial charge in [-0.05, 0) is 55.6 Å². The first-order valence-electron chi connectivity index (χ1n) is 4.67. The molecule has 0 amide bonds. The Balaban J connectivity index is 2.58. The normalized spacial score (nSPS) is 10.2. The van der Waals surface area contributed by atoms with Crippen molar-refractivity contribution in [1.82, 2.24) is 4.98 Å². The van der Waals surface area contributed by atoms with E-state index in [2.05, 4.69) is 36.8 Å². The molecule has 0 unspecified atom stereocenters. The zero-order valence-electron chi connectivity index (χ0n) is 8.58. The lowest BCUT2D eigenvalue weighted by atomic mass is 10.1. The summed E-state index contributed by atoms with van der Waals surface area (Å²) in [6, 6.07) is 9.79. The van der Waals surface area contributed by atoms with E-state index in [1.54, 1.807) is 13.3 Å². The molecule has 1 aromatic carbocycles. The number of rotatable bonds is 2. The second-order valence-corrected chi connectivity index (χ2v) is 4.80. The van der Waals surface area contributed by atoms with E-state index < -0.39 is 0 Å². The van der Waals surface area contributed by atoms with Crippen LogP contribution in [-0.4, -0.2) is 12.1 Å². The maximum absolute atomic E-state index is 5.21. The van der Waals surface area contributed by atoms with Gasteiger partial charge >= 0.3 is 0 Å². The molecule has 0 aliphatic carbocycles. The summed E-state index contributed by atoms with van der Waals surface area (Å²) >= 11 is 6.97. The van der Waals surface area contributed by atoms with E-state index in [9.17, 15) is 0 Å². The van der Waals surface area contributed by atoms with E-state index in [0.717, 1.165) is 26.0 Å². The average Bonchev–Trinajstić information content (AvgIpc) is 2.29. The van der Waals surface area contributed by atoms with Gasteiger partial charge in [-0.25, -0.2) is 4.98 Å². The number of methoxy groups -OCH3 is 1. The van der Waals surface area contributed by atoms with Crippen molar-refractivity contribution in [2.45, 2.75) is 0 Å². The Morgan fingerprint density at radius 1 is 1.19 bits per heavy atom. The largest absolute Gasteiger partial charge is 0.497 e. The van der Waals surface area contributed by atoms with Gasteiger partial charge in [0.25, 0.3) is 0 Å². The molecule has 0 N–H and O–H groups in total. The molecule has 0 aliphatic heterocycles. The fourth-order valence-electron chi connectivity index (χ4n) is 1.45. The molecule has 16 heavy (non-hydrogen) atoms. The van der Waals surface area contributed by atoms with Crippen LogP contribution in [0, 0.1) is 0 Å². The van der Waals surface area contributed by atoms with Crippen LogP contribution < -0.4 is 4.74 Å². The van der Waals surface area contributed by atoms with Crippen molar-refractivity contribution in [3.63, 3.8) is 0 Å². The number of halogens is 2. The Bertz CT molecular complexity index is 494. The Morgan fingerprint density at radius 2 is 2.00 bits per heavy atom. The topological polar surface area (TPSA) is 22.1 Å². The zero-order valence-corrected chi connectivity index (χ0v) is 11.7. The Labute approximate surface area is 111 Å². The maximum atomic E-state index is 5.21. The van der Waals surface area contributed by atoms with Crippen molar-refractivity contribution in [1.29, 1.82) is 0 Å². The van der Waals surface area contributed by atoms with Crippen LogP contribution in [0.15, 0.2) is 45.6 Å². The predicted octanol–water partition coefficient (Wildman–Crippen LogP) is 4.28. The van der Waals surface area contributed by atoms with Crippen LogP contribution in [0.2, 0.25) is 0 Å². The van der Waals surface area contributed by atoms with Gasteiger partial charge < -0.3 is 4.74 Å². The Kier molecular flexibility index (Phi) is 3.61. The first-order valence-corrected chi connectivity index (χ1v) is 6.25. The van der Waals surface area contributed by atoms with Crippen molar-refractivity contribution in [3.05, 3.63) is 45.6 Å². The molecule has 2 nitrogen and oxygen atoms in total. The standard InChI is InChI=1S/C12H9Br2NO/c1-16-9-4-2-3-8(7-9)11-10(13)5-6-15-12(11)14/h2-7H,1H3. The minimum absolute atomic E-state index is 0.815. The average molecular weight is 343 g/mol. The molecule has 0 fully saturated rings. The first kappa shape index (κ1) is 11.6. The van der Waals surface area contributed by atoms with E-state index in [-0.39, 0.29) is 0 Å². The molecule has 0 bridgehead atoms. The summed E-state index contributed by atoms with van der Waals surface area (Å²) in [5, 5.41) is 0. The van der Waals surface area contributed by atoms with Crippen LogP contribution in [0.3, 0.4) is 0 Å². The highest BCUT2D eigenvalue weighted by molar-refractivity contribution is 9.11. The van der Waals surface area contributed by atoms with Gasteiger partial charge in [0.2, 0.25) is 0 Å². The molecule has 2 rings (SSSR count). The van der Waals surface area contributed by atoms with E-state index in [1.165, 1.54) is 0 Å². The third-order valence-electron chi connectivity index (χ3n) is 2.21. The summed E-state index contributed by atoms with van der Waals surface area (Å²) in [7, 11) is 1.66. The van der Waals surface area contributed by atoms with E-state index in [0.29, 0.717) is 0 Å². The fourth-order valence-corrected chi connectivity index (χ4v) is 2.81. The smallest absolute Gasteiger partial charge is 0.119 e. The summed E-state index contributed by atoms with van der Waals surface area (Å²) in [5.41, 5.74) is 2.09. The van der Waals surface area contributed by atoms with E-state index in [4.69, 9.17) is 4.74 Å². The van der Waals surface area contributed by atoms with Gasteiger partial charge in [-0.2, -0.15) is 0 Å². The molecule has 0 spiro atoms. The first-order chi connectivity index (χ1) is 7.72. The maximum Gasteiger partial charge on any atom is 0.119 e. The van der Waals surface area contributed by atoms with Crippen molar-refractivity contribution < 1.29 is 4.74 Å². The van der Waals surface area contributed by atoms with Crippen LogP contribution >= 0.6 is 31.9 Å². The molecule has 0 saturated carbocycles. The summed E-state index contributed by atoms with van der Waals surface area (Å²) in [5.74, 6) is 0.833. The molecule has 0 saturated heterocycles. The highest BCUT2D eigenvalue weighted by atomic mass is 79.9. The lowest BCUT2D eigenvalue weighted by Gasteiger charge is -2.08. The number of aromatic nitrogens is 1. The molecule has 1 aromatic heterocycles. The van der Waals surface area contributed by atoms with Gasteiger partial charge in [0.05, 0.1) is 7.11 Å². The molecule has 0 radical (unpaired) electrons. The van der Waals surface area contributed by atoms with Crippen LogP contribution in [0.5, 0.6) is 5.75 Å². The highest BCUT2D eigenvalue weighted by Gasteiger charge is 2.08. The number of ether oxygens (including phenoxy) is 1. The van der Waals surface area contributed by atoms with Crippen molar-refractivity contribution in [3.8, 4) is 16.9 Å². The number of hydrogen-bond donors (Lipinski definition) is 0. The second-order valence-electron chi connectivity index (χ2n) is 3.19. The van der Waals surface area contributed by atoms with E-state index >= 15 is 0 Å². The summed E-state index contributed by atoms with van der Waals surface area (Å²) in [6.45, 7) is 0. The molecular formula is C12H9Br2NO. The van der Waals surface area contributed by atoms with Gasteiger partial charge in [0.1, 0.15) is 10.4 Å². The summed E-state index contributed by atoms with van der Waals surface area (Å²) in [6.07, 6.45) is 1.75. The number of hydrogen-bond acceptors (Lipinski definition) is 2. The fraction of sp³-hybridized carbons (Fsp3) is 0.0833.